The summed E-state index contributed by atoms with van der Waals surface area (Å²) >= 11 is 4.64. The molecule has 0 heterocycles. The van der Waals surface area contributed by atoms with Gasteiger partial charge in [-0.3, -0.25) is 4.39 Å². The molecule has 0 bridgehead atoms. The van der Waals surface area contributed by atoms with Crippen molar-refractivity contribution in [3.63, 3.8) is 0 Å². The van der Waals surface area contributed by atoms with Crippen molar-refractivity contribution in [1.29, 1.82) is 0 Å². The van der Waals surface area contributed by atoms with Crippen LogP contribution >= 0.6 is 11.6 Å². The standard InChI is InChI=1S/C2H6O.CH3Cl.CH3F/c1-3-2;2*1-2/h1-2H3;2*1H3. The molecule has 0 saturated carbocycles. The van der Waals surface area contributed by atoms with Crippen molar-refractivity contribution in [3.8, 4) is 0 Å². The zero-order valence-corrected chi connectivity index (χ0v) is 5.92. The van der Waals surface area contributed by atoms with Crippen LogP contribution in [0.1, 0.15) is 0 Å². The molecule has 0 radical (unpaired) electrons. The van der Waals surface area contributed by atoms with Crippen molar-refractivity contribution in [2.75, 3.05) is 27.8 Å². The van der Waals surface area contributed by atoms with Gasteiger partial charge >= 0.3 is 0 Å². The SMILES string of the molecule is CCl.CF.COC. The smallest absolute Gasteiger partial charge is 0.0785 e. The first-order chi connectivity index (χ1) is 3.41. The van der Waals surface area contributed by atoms with E-state index in [0.29, 0.717) is 7.18 Å². The molecule has 0 aromatic rings. The second-order valence-electron chi connectivity index (χ2n) is 0.408. The number of halogens is 2. The van der Waals surface area contributed by atoms with E-state index in [0.717, 1.165) is 0 Å². The third-order valence-electron chi connectivity index (χ3n) is 0. The molecule has 7 heavy (non-hydrogen) atoms. The molecule has 0 rings (SSSR count). The first kappa shape index (κ1) is 15.7. The molecule has 0 aliphatic rings. The predicted octanol–water partition coefficient (Wildman–Crippen LogP) is 1.70. The van der Waals surface area contributed by atoms with Gasteiger partial charge in [0.2, 0.25) is 0 Å². The van der Waals surface area contributed by atoms with E-state index in [9.17, 15) is 4.39 Å². The Morgan fingerprint density at radius 1 is 1.14 bits per heavy atom. The maximum Gasteiger partial charge on any atom is 0.0785 e. The second kappa shape index (κ2) is 119. The molecule has 1 nitrogen and oxygen atoms in total. The van der Waals surface area contributed by atoms with Gasteiger partial charge in [0.25, 0.3) is 0 Å². The molecule has 48 valence electrons. The highest BCUT2D eigenvalue weighted by Crippen LogP contribution is 1.34. The quantitative estimate of drug-likeness (QED) is 0.454. The first-order valence-electron chi connectivity index (χ1n) is 1.57. The van der Waals surface area contributed by atoms with E-state index in [1.807, 2.05) is 0 Å². The lowest BCUT2D eigenvalue weighted by Gasteiger charge is -1.61. The summed E-state index contributed by atoms with van der Waals surface area (Å²) in [6.45, 7) is 0. The van der Waals surface area contributed by atoms with Gasteiger partial charge in [-0.1, -0.05) is 0 Å². The fourth-order valence-electron chi connectivity index (χ4n) is 0. The van der Waals surface area contributed by atoms with Crippen molar-refractivity contribution in [2.24, 2.45) is 0 Å². The van der Waals surface area contributed by atoms with Crippen LogP contribution in [-0.4, -0.2) is 27.8 Å². The maximum absolute atomic E-state index is 9.50. The normalized spacial score (nSPS) is 4.29. The summed E-state index contributed by atoms with van der Waals surface area (Å²) in [4.78, 5) is 0. The first-order valence-corrected chi connectivity index (χ1v) is 2.33. The largest absolute Gasteiger partial charge is 0.388 e. The Labute approximate surface area is 49.4 Å². The highest BCUT2D eigenvalue weighted by atomic mass is 35.5. The number of hydrogen-bond acceptors (Lipinski definition) is 1. The zero-order chi connectivity index (χ0) is 6.71. The summed E-state index contributed by atoms with van der Waals surface area (Å²) in [5.74, 6) is 0. The minimum atomic E-state index is 0.500. The van der Waals surface area contributed by atoms with Crippen LogP contribution in [-0.2, 0) is 4.74 Å². The van der Waals surface area contributed by atoms with E-state index in [2.05, 4.69) is 16.3 Å². The molecule has 0 amide bonds. The van der Waals surface area contributed by atoms with Crippen LogP contribution in [0.25, 0.3) is 0 Å². The van der Waals surface area contributed by atoms with Gasteiger partial charge in [0.15, 0.2) is 0 Å². The summed E-state index contributed by atoms with van der Waals surface area (Å²) in [7, 11) is 3.75. The third kappa shape index (κ3) is 3330. The van der Waals surface area contributed by atoms with Gasteiger partial charge in [-0.2, -0.15) is 0 Å². The van der Waals surface area contributed by atoms with E-state index >= 15 is 0 Å². The summed E-state index contributed by atoms with van der Waals surface area (Å²) in [6, 6.07) is 0. The molecule has 0 N–H and O–H groups in total. The van der Waals surface area contributed by atoms with Gasteiger partial charge in [-0.25, -0.2) is 0 Å². The van der Waals surface area contributed by atoms with Crippen molar-refractivity contribution < 1.29 is 9.13 Å². The summed E-state index contributed by atoms with van der Waals surface area (Å²) in [6.07, 6.45) is 1.47. The van der Waals surface area contributed by atoms with Crippen molar-refractivity contribution in [3.05, 3.63) is 0 Å². The highest BCUT2D eigenvalue weighted by Gasteiger charge is 1.25. The van der Waals surface area contributed by atoms with Crippen molar-refractivity contribution >= 4 is 11.6 Å². The molecule has 0 aromatic carbocycles. The van der Waals surface area contributed by atoms with Gasteiger partial charge in [0, 0.05) is 20.6 Å². The summed E-state index contributed by atoms with van der Waals surface area (Å²) in [5.41, 5.74) is 0. The summed E-state index contributed by atoms with van der Waals surface area (Å²) in [5, 5.41) is 0. The van der Waals surface area contributed by atoms with Crippen molar-refractivity contribution in [1.82, 2.24) is 0 Å². The van der Waals surface area contributed by atoms with Crippen LogP contribution in [0, 0.1) is 0 Å². The predicted molar refractivity (Wildman–Crippen MR) is 31.7 cm³/mol. The van der Waals surface area contributed by atoms with Crippen molar-refractivity contribution in [2.45, 2.75) is 0 Å². The number of rotatable bonds is 0. The molecule has 3 heteroatoms. The lowest BCUT2D eigenvalue weighted by molar-refractivity contribution is 0.277. The summed E-state index contributed by atoms with van der Waals surface area (Å²) < 4.78 is 13.8. The second-order valence-corrected chi connectivity index (χ2v) is 0.408. The average Bonchev–Trinajstić information content (AvgIpc) is 1.78. The van der Waals surface area contributed by atoms with Crippen LogP contribution in [0.4, 0.5) is 4.39 Å². The van der Waals surface area contributed by atoms with E-state index < -0.39 is 0 Å². The third-order valence-corrected chi connectivity index (χ3v) is 0. The zero-order valence-electron chi connectivity index (χ0n) is 5.16. The Kier molecular flexibility index (Phi) is 267. The Hall–Kier alpha value is 0.180. The lowest BCUT2D eigenvalue weighted by atomic mass is 11.6. The Balaban J connectivity index is -0.0000000360. The fraction of sp³-hybridized carbons (Fsp3) is 1.00. The van der Waals surface area contributed by atoms with E-state index in [1.165, 1.54) is 6.38 Å². The molecular weight excluding hydrogens is 118 g/mol. The molecule has 0 saturated heterocycles. The van der Waals surface area contributed by atoms with Crippen LogP contribution in [0.3, 0.4) is 0 Å². The number of methoxy groups -OCH3 is 1. The topological polar surface area (TPSA) is 9.23 Å². The van der Waals surface area contributed by atoms with Gasteiger partial charge in [0.1, 0.15) is 0 Å². The minimum Gasteiger partial charge on any atom is -0.388 e. The molecule has 0 aromatic heterocycles. The van der Waals surface area contributed by atoms with Crippen LogP contribution < -0.4 is 0 Å². The number of ether oxygens (including phenoxy) is 1. The number of alkyl halides is 2. The average molecular weight is 131 g/mol. The Morgan fingerprint density at radius 3 is 1.14 bits per heavy atom. The van der Waals surface area contributed by atoms with Gasteiger partial charge < -0.3 is 4.74 Å². The van der Waals surface area contributed by atoms with Crippen LogP contribution in [0.2, 0.25) is 0 Å². The molecule has 0 aliphatic heterocycles. The van der Waals surface area contributed by atoms with Crippen LogP contribution in [0.15, 0.2) is 0 Å². The van der Waals surface area contributed by atoms with Gasteiger partial charge in [0.05, 0.1) is 7.18 Å². The lowest BCUT2D eigenvalue weighted by Crippen LogP contribution is -1.55. The van der Waals surface area contributed by atoms with E-state index in [-0.39, 0.29) is 0 Å². The molecule has 0 fully saturated rings. The highest BCUT2D eigenvalue weighted by molar-refractivity contribution is 6.15. The van der Waals surface area contributed by atoms with Gasteiger partial charge in [-0.05, 0) is 0 Å². The monoisotopic (exact) mass is 130 g/mol. The van der Waals surface area contributed by atoms with Crippen LogP contribution in [0.5, 0.6) is 0 Å². The van der Waals surface area contributed by atoms with E-state index in [1.54, 1.807) is 14.2 Å². The molecule has 0 unspecified atom stereocenters. The molecular formula is C4H12ClFO. The maximum atomic E-state index is 9.50. The van der Waals surface area contributed by atoms with Gasteiger partial charge in [-0.15, -0.1) is 11.6 Å². The minimum absolute atomic E-state index is 0.500. The Bertz CT molecular complexity index is 11.7. The molecule has 0 aliphatic carbocycles. The number of hydrogen-bond donors (Lipinski definition) is 0. The van der Waals surface area contributed by atoms with E-state index in [4.69, 9.17) is 0 Å². The molecule has 0 spiro atoms. The fourth-order valence-corrected chi connectivity index (χ4v) is 0. The Morgan fingerprint density at radius 2 is 1.14 bits per heavy atom. The molecule has 0 atom stereocenters.